The molecule has 0 aromatic heterocycles. The van der Waals surface area contributed by atoms with E-state index in [9.17, 15) is 13.2 Å². The Bertz CT molecular complexity index is 183. The lowest BCUT2D eigenvalue weighted by atomic mass is 10.2. The van der Waals surface area contributed by atoms with Gasteiger partial charge in [0.1, 0.15) is 0 Å². The summed E-state index contributed by atoms with van der Waals surface area (Å²) in [6.45, 7) is -0.809. The highest BCUT2D eigenvalue weighted by Gasteiger charge is 2.14. The zero-order chi connectivity index (χ0) is 6.78. The van der Waals surface area contributed by atoms with Crippen LogP contribution in [0.1, 0.15) is 0 Å². The molecule has 0 radical (unpaired) electrons. The highest BCUT2D eigenvalue weighted by atomic mass is 35.7. The molecule has 0 heterocycles. The molecular weight excluding hydrogens is 174 g/mol. The van der Waals surface area contributed by atoms with Gasteiger partial charge in [-0.05, 0) is 0 Å². The van der Waals surface area contributed by atoms with Crippen LogP contribution in [0, 0.1) is 0 Å². The van der Waals surface area contributed by atoms with Crippen molar-refractivity contribution in [3.63, 3.8) is 0 Å². The van der Waals surface area contributed by atoms with Gasteiger partial charge in [-0.15, -0.1) is 0 Å². The predicted octanol–water partition coefficient (Wildman–Crippen LogP) is 0.265. The molecule has 0 atom stereocenters. The fraction of sp³-hybridized carbons (Fsp3) is 0. The second-order valence-electron chi connectivity index (χ2n) is 1.04. The summed E-state index contributed by atoms with van der Waals surface area (Å²) in [6, 6.07) is 0. The second kappa shape index (κ2) is 2.71. The number of carbonyl (C=O) groups excluding carboxylic acids is 1. The number of carbonyl (C=O) groups is 1. The SMILES string of the molecule is O=C(Cl)BS(=O)(=O)Cl. The topological polar surface area (TPSA) is 51.2 Å². The molecule has 0 aliphatic heterocycles. The van der Waals surface area contributed by atoms with E-state index in [0.717, 1.165) is 0 Å². The minimum Gasteiger partial charge on any atom is -0.292 e. The van der Waals surface area contributed by atoms with Crippen molar-refractivity contribution in [1.82, 2.24) is 0 Å². The van der Waals surface area contributed by atoms with Gasteiger partial charge in [0.25, 0.3) is 0 Å². The Morgan fingerprint density at radius 1 is 1.50 bits per heavy atom. The van der Waals surface area contributed by atoms with E-state index in [0.29, 0.717) is 0 Å². The molecule has 0 bridgehead atoms. The van der Waals surface area contributed by atoms with E-state index in [1.165, 1.54) is 0 Å². The van der Waals surface area contributed by atoms with Gasteiger partial charge in [0.2, 0.25) is 0 Å². The van der Waals surface area contributed by atoms with E-state index in [-0.39, 0.29) is 0 Å². The Morgan fingerprint density at radius 2 is 1.88 bits per heavy atom. The molecule has 46 valence electrons. The van der Waals surface area contributed by atoms with Gasteiger partial charge in [0.15, 0.2) is 14.0 Å². The summed E-state index contributed by atoms with van der Waals surface area (Å²) >= 11 is 4.66. The molecule has 0 saturated heterocycles. The third kappa shape index (κ3) is 6.26. The lowest BCUT2D eigenvalue weighted by molar-refractivity contribution is 0.275. The van der Waals surface area contributed by atoms with Crippen LogP contribution in [0.4, 0.5) is 4.79 Å². The van der Waals surface area contributed by atoms with Crippen molar-refractivity contribution >= 4 is 42.9 Å². The van der Waals surface area contributed by atoms with Crippen molar-refractivity contribution in [2.45, 2.75) is 0 Å². The van der Waals surface area contributed by atoms with Crippen molar-refractivity contribution in [3.8, 4) is 0 Å². The first-order valence-electron chi connectivity index (χ1n) is 1.52. The van der Waals surface area contributed by atoms with Crippen molar-refractivity contribution in [1.29, 1.82) is 0 Å². The normalized spacial score (nSPS) is 10.8. The van der Waals surface area contributed by atoms with Crippen LogP contribution < -0.4 is 0 Å². The van der Waals surface area contributed by atoms with Crippen LogP contribution in [0.3, 0.4) is 0 Å². The largest absolute Gasteiger partial charge is 0.392 e. The molecule has 0 aliphatic carbocycles. The third-order valence-electron chi connectivity index (χ3n) is 0.286. The smallest absolute Gasteiger partial charge is 0.292 e. The zero-order valence-corrected chi connectivity index (χ0v) is 5.92. The van der Waals surface area contributed by atoms with Crippen molar-refractivity contribution in [2.75, 3.05) is 0 Å². The Hall–Kier alpha value is 0.265. The van der Waals surface area contributed by atoms with Gasteiger partial charge in [0.05, 0.1) is 0 Å². The third-order valence-corrected chi connectivity index (χ3v) is 1.51. The van der Waals surface area contributed by atoms with Crippen LogP contribution in [0.15, 0.2) is 0 Å². The molecule has 0 aromatic rings. The minimum absolute atomic E-state index is 0.809. The van der Waals surface area contributed by atoms with Gasteiger partial charge < -0.3 is 0 Å². The Kier molecular flexibility index (Phi) is 2.80. The molecule has 0 rings (SSSR count). The zero-order valence-electron chi connectivity index (χ0n) is 3.60. The molecule has 0 fully saturated rings. The Morgan fingerprint density at radius 3 is 1.88 bits per heavy atom. The van der Waals surface area contributed by atoms with Crippen LogP contribution >= 0.6 is 22.3 Å². The molecule has 0 amide bonds. The highest BCUT2D eigenvalue weighted by molar-refractivity contribution is 8.35. The first kappa shape index (κ1) is 8.26. The van der Waals surface area contributed by atoms with E-state index in [1.807, 2.05) is 0 Å². The van der Waals surface area contributed by atoms with Crippen molar-refractivity contribution in [2.24, 2.45) is 0 Å². The first-order chi connectivity index (χ1) is 3.42. The maximum Gasteiger partial charge on any atom is 0.392 e. The average molecular weight is 175 g/mol. The summed E-state index contributed by atoms with van der Waals surface area (Å²) in [4.78, 5) is 9.76. The maximum absolute atomic E-state index is 9.90. The Labute approximate surface area is 56.5 Å². The first-order valence-corrected chi connectivity index (χ1v) is 4.38. The highest BCUT2D eigenvalue weighted by Crippen LogP contribution is 1.95. The number of halogens is 2. The molecule has 0 unspecified atom stereocenters. The predicted molar refractivity (Wildman–Crippen MR) is 33.2 cm³/mol. The van der Waals surface area contributed by atoms with Crippen LogP contribution in [-0.4, -0.2) is 20.1 Å². The van der Waals surface area contributed by atoms with Gasteiger partial charge in [-0.1, -0.05) is 11.6 Å². The second-order valence-corrected chi connectivity index (χ2v) is 4.24. The molecular formula is CHBCl2O3S. The van der Waals surface area contributed by atoms with Crippen molar-refractivity contribution < 1.29 is 13.2 Å². The van der Waals surface area contributed by atoms with Crippen LogP contribution in [0.5, 0.6) is 0 Å². The summed E-state index contributed by atoms with van der Waals surface area (Å²) in [6.07, 6.45) is 0. The number of hydrogen-bond donors (Lipinski definition) is 0. The van der Waals surface area contributed by atoms with Crippen LogP contribution in [-0.2, 0) is 8.90 Å². The fourth-order valence-electron chi connectivity index (χ4n) is 0.136. The van der Waals surface area contributed by atoms with E-state index >= 15 is 0 Å². The van der Waals surface area contributed by atoms with E-state index in [2.05, 4.69) is 22.3 Å². The maximum atomic E-state index is 9.90. The molecule has 8 heavy (non-hydrogen) atoms. The summed E-state index contributed by atoms with van der Waals surface area (Å²) in [5.74, 6) is 0. The average Bonchev–Trinajstić information content (AvgIpc) is 1.21. The Balaban J connectivity index is 3.95. The van der Waals surface area contributed by atoms with Gasteiger partial charge in [-0.3, -0.25) is 4.79 Å². The van der Waals surface area contributed by atoms with E-state index < -0.39 is 20.6 Å². The molecule has 0 saturated carbocycles. The van der Waals surface area contributed by atoms with E-state index in [4.69, 9.17) is 0 Å². The standard InChI is InChI=1S/CHBCl2O3S/c3-1(5)2-8(4,6)7/h2H. The summed E-state index contributed by atoms with van der Waals surface area (Å²) in [5, 5.41) is -0.972. The minimum atomic E-state index is -3.73. The van der Waals surface area contributed by atoms with Gasteiger partial charge in [-0.25, -0.2) is 8.42 Å². The molecule has 0 aliphatic rings. The quantitative estimate of drug-likeness (QED) is 0.446. The molecule has 0 N–H and O–H groups in total. The van der Waals surface area contributed by atoms with Crippen LogP contribution in [0.25, 0.3) is 0 Å². The van der Waals surface area contributed by atoms with Crippen molar-refractivity contribution in [3.05, 3.63) is 0 Å². The number of rotatable bonds is 2. The lowest BCUT2D eigenvalue weighted by Gasteiger charge is -1.79. The van der Waals surface area contributed by atoms with Crippen LogP contribution in [0.2, 0.25) is 0 Å². The summed E-state index contributed by atoms with van der Waals surface area (Å²) < 4.78 is 19.8. The van der Waals surface area contributed by atoms with Gasteiger partial charge in [-0.2, -0.15) is 0 Å². The molecule has 3 nitrogen and oxygen atoms in total. The van der Waals surface area contributed by atoms with Gasteiger partial charge in [0, 0.05) is 10.7 Å². The fourth-order valence-corrected chi connectivity index (χ4v) is 1.30. The summed E-state index contributed by atoms with van der Waals surface area (Å²) in [5.41, 5.74) is 0. The number of hydrogen-bond acceptors (Lipinski definition) is 3. The molecule has 0 spiro atoms. The molecule has 0 aromatic carbocycles. The summed E-state index contributed by atoms with van der Waals surface area (Å²) in [7, 11) is 0.862. The van der Waals surface area contributed by atoms with Gasteiger partial charge >= 0.3 is 6.56 Å². The van der Waals surface area contributed by atoms with E-state index in [1.54, 1.807) is 0 Å². The lowest BCUT2D eigenvalue weighted by Crippen LogP contribution is -2.07. The monoisotopic (exact) mass is 174 g/mol. The molecule has 7 heteroatoms.